The topological polar surface area (TPSA) is 69.3 Å². The predicted molar refractivity (Wildman–Crippen MR) is 80.3 cm³/mol. The summed E-state index contributed by atoms with van der Waals surface area (Å²) in [5, 5.41) is 0. The molecule has 1 N–H and O–H groups in total. The van der Waals surface area contributed by atoms with E-state index in [0.717, 1.165) is 22.4 Å². The van der Waals surface area contributed by atoms with Gasteiger partial charge in [0.05, 0.1) is 12.2 Å². The van der Waals surface area contributed by atoms with E-state index in [4.69, 9.17) is 0 Å². The molecular formula is C15H16N4O2. The van der Waals surface area contributed by atoms with Gasteiger partial charge >= 0.3 is 11.7 Å². The van der Waals surface area contributed by atoms with Crippen molar-refractivity contribution in [2.24, 2.45) is 0 Å². The first-order valence-electron chi connectivity index (χ1n) is 6.66. The van der Waals surface area contributed by atoms with Crippen LogP contribution in [0.1, 0.15) is 11.1 Å². The highest BCUT2D eigenvalue weighted by molar-refractivity contribution is 5.94. The maximum atomic E-state index is 12.0. The molecular weight excluding hydrogens is 268 g/mol. The number of aromatic amines is 1. The van der Waals surface area contributed by atoms with Crippen LogP contribution >= 0.6 is 0 Å². The SMILES string of the molecule is Cc1ccc(-c2[nH]c(=O)nc3c2CN(C)C(=O)N3C)cc1. The molecule has 2 heterocycles. The molecule has 6 heteroatoms. The van der Waals surface area contributed by atoms with Crippen molar-refractivity contribution in [3.05, 3.63) is 45.9 Å². The summed E-state index contributed by atoms with van der Waals surface area (Å²) in [5.74, 6) is 0.428. The average molecular weight is 284 g/mol. The first-order valence-corrected chi connectivity index (χ1v) is 6.66. The van der Waals surface area contributed by atoms with Crippen molar-refractivity contribution in [2.75, 3.05) is 19.0 Å². The zero-order chi connectivity index (χ0) is 15.1. The second kappa shape index (κ2) is 4.73. The molecule has 0 fully saturated rings. The minimum Gasteiger partial charge on any atom is -0.323 e. The van der Waals surface area contributed by atoms with E-state index < -0.39 is 5.69 Å². The summed E-state index contributed by atoms with van der Waals surface area (Å²) in [6.45, 7) is 2.43. The van der Waals surface area contributed by atoms with Crippen molar-refractivity contribution in [2.45, 2.75) is 13.5 Å². The van der Waals surface area contributed by atoms with Crippen LogP contribution in [-0.4, -0.2) is 35.0 Å². The molecule has 21 heavy (non-hydrogen) atoms. The molecule has 0 aliphatic carbocycles. The fourth-order valence-electron chi connectivity index (χ4n) is 2.53. The maximum absolute atomic E-state index is 12.0. The van der Waals surface area contributed by atoms with E-state index in [1.807, 2.05) is 31.2 Å². The van der Waals surface area contributed by atoms with Gasteiger partial charge in [-0.2, -0.15) is 4.98 Å². The van der Waals surface area contributed by atoms with Gasteiger partial charge in [0.15, 0.2) is 0 Å². The Morgan fingerprint density at radius 3 is 2.48 bits per heavy atom. The Balaban J connectivity index is 2.23. The number of fused-ring (bicyclic) bond motifs is 1. The maximum Gasteiger partial charge on any atom is 0.347 e. The van der Waals surface area contributed by atoms with Gasteiger partial charge < -0.3 is 9.88 Å². The smallest absolute Gasteiger partial charge is 0.323 e. The lowest BCUT2D eigenvalue weighted by molar-refractivity contribution is 0.211. The quantitative estimate of drug-likeness (QED) is 0.867. The van der Waals surface area contributed by atoms with Gasteiger partial charge in [0, 0.05) is 19.7 Å². The van der Waals surface area contributed by atoms with E-state index in [1.165, 1.54) is 4.90 Å². The van der Waals surface area contributed by atoms with Crippen molar-refractivity contribution >= 4 is 11.8 Å². The number of nitrogens with zero attached hydrogens (tertiary/aromatic N) is 3. The Morgan fingerprint density at radius 2 is 1.81 bits per heavy atom. The number of rotatable bonds is 1. The highest BCUT2D eigenvalue weighted by atomic mass is 16.2. The number of benzene rings is 1. The minimum absolute atomic E-state index is 0.171. The van der Waals surface area contributed by atoms with E-state index in [-0.39, 0.29) is 6.03 Å². The van der Waals surface area contributed by atoms with Gasteiger partial charge in [-0.15, -0.1) is 0 Å². The summed E-state index contributed by atoms with van der Waals surface area (Å²) >= 11 is 0. The number of carbonyl (C=O) groups is 1. The number of carbonyl (C=O) groups excluding carboxylic acids is 1. The first kappa shape index (κ1) is 13.4. The lowest BCUT2D eigenvalue weighted by Crippen LogP contribution is -2.44. The normalized spacial score (nSPS) is 14.3. The number of aromatic nitrogens is 2. The van der Waals surface area contributed by atoms with Crippen LogP contribution in [0.5, 0.6) is 0 Å². The van der Waals surface area contributed by atoms with Crippen LogP contribution < -0.4 is 10.6 Å². The van der Waals surface area contributed by atoms with Crippen molar-refractivity contribution in [3.63, 3.8) is 0 Å². The first-order chi connectivity index (χ1) is 9.97. The Hall–Kier alpha value is -2.63. The third-order valence-electron chi connectivity index (χ3n) is 3.68. The molecule has 1 aromatic heterocycles. The van der Waals surface area contributed by atoms with E-state index in [9.17, 15) is 9.59 Å². The molecule has 0 bridgehead atoms. The molecule has 0 spiro atoms. The molecule has 1 aliphatic rings. The molecule has 0 unspecified atom stereocenters. The third-order valence-corrected chi connectivity index (χ3v) is 3.68. The molecule has 0 atom stereocenters. The van der Waals surface area contributed by atoms with Gasteiger partial charge in [0.25, 0.3) is 0 Å². The number of H-pyrrole nitrogens is 1. The van der Waals surface area contributed by atoms with Gasteiger partial charge in [-0.3, -0.25) is 4.90 Å². The fraction of sp³-hybridized carbons (Fsp3) is 0.267. The number of hydrogen-bond acceptors (Lipinski definition) is 3. The minimum atomic E-state index is -0.450. The van der Waals surface area contributed by atoms with Crippen LogP contribution in [0.2, 0.25) is 0 Å². The molecule has 108 valence electrons. The summed E-state index contributed by atoms with van der Waals surface area (Å²) in [6.07, 6.45) is 0. The number of aryl methyl sites for hydroxylation is 1. The summed E-state index contributed by atoms with van der Waals surface area (Å²) in [7, 11) is 3.36. The lowest BCUT2D eigenvalue weighted by atomic mass is 10.0. The second-order valence-electron chi connectivity index (χ2n) is 5.28. The predicted octanol–water partition coefficient (Wildman–Crippen LogP) is 1.75. The molecule has 6 nitrogen and oxygen atoms in total. The zero-order valence-corrected chi connectivity index (χ0v) is 12.2. The average Bonchev–Trinajstić information content (AvgIpc) is 2.46. The Kier molecular flexibility index (Phi) is 3.01. The van der Waals surface area contributed by atoms with E-state index >= 15 is 0 Å². The van der Waals surface area contributed by atoms with Crippen LogP contribution in [-0.2, 0) is 6.54 Å². The molecule has 1 aromatic carbocycles. The summed E-state index contributed by atoms with van der Waals surface area (Å²) in [4.78, 5) is 33.6. The molecule has 0 radical (unpaired) electrons. The fourth-order valence-corrected chi connectivity index (χ4v) is 2.53. The van der Waals surface area contributed by atoms with Gasteiger partial charge in [-0.25, -0.2) is 9.59 Å². The van der Waals surface area contributed by atoms with Crippen LogP contribution in [0.3, 0.4) is 0 Å². The molecule has 1 aliphatic heterocycles. The number of hydrogen-bond donors (Lipinski definition) is 1. The van der Waals surface area contributed by atoms with Crippen molar-refractivity contribution in [1.29, 1.82) is 0 Å². The van der Waals surface area contributed by atoms with Crippen molar-refractivity contribution < 1.29 is 4.79 Å². The van der Waals surface area contributed by atoms with Gasteiger partial charge in [0.2, 0.25) is 0 Å². The Labute approximate surface area is 122 Å². The van der Waals surface area contributed by atoms with Gasteiger partial charge in [0.1, 0.15) is 5.82 Å². The molecule has 2 aromatic rings. The molecule has 2 amide bonds. The number of amides is 2. The van der Waals surface area contributed by atoms with E-state index in [2.05, 4.69) is 9.97 Å². The van der Waals surface area contributed by atoms with Crippen LogP contribution in [0.25, 0.3) is 11.3 Å². The van der Waals surface area contributed by atoms with Crippen LogP contribution in [0, 0.1) is 6.92 Å². The van der Waals surface area contributed by atoms with Crippen LogP contribution in [0.15, 0.2) is 29.1 Å². The highest BCUT2D eigenvalue weighted by Crippen LogP contribution is 2.31. The van der Waals surface area contributed by atoms with E-state index in [1.54, 1.807) is 19.0 Å². The molecule has 0 saturated carbocycles. The second-order valence-corrected chi connectivity index (χ2v) is 5.28. The number of anilines is 1. The lowest BCUT2D eigenvalue weighted by Gasteiger charge is -2.32. The Morgan fingerprint density at radius 1 is 1.14 bits per heavy atom. The summed E-state index contributed by atoms with van der Waals surface area (Å²) in [6, 6.07) is 7.72. The summed E-state index contributed by atoms with van der Waals surface area (Å²) in [5.41, 5.74) is 3.17. The van der Waals surface area contributed by atoms with Gasteiger partial charge in [-0.1, -0.05) is 29.8 Å². The number of nitrogens with one attached hydrogen (secondary N) is 1. The highest BCUT2D eigenvalue weighted by Gasteiger charge is 2.29. The zero-order valence-electron chi connectivity index (χ0n) is 12.2. The standard InChI is InChI=1S/C15H16N4O2/c1-9-4-6-10(7-5-9)12-11-8-18(2)15(21)19(3)13(11)17-14(20)16-12/h4-7H,8H2,1-3H3,(H,16,17,20). The monoisotopic (exact) mass is 284 g/mol. The molecule has 3 rings (SSSR count). The molecule has 0 saturated heterocycles. The summed E-state index contributed by atoms with van der Waals surface area (Å²) < 4.78 is 0. The van der Waals surface area contributed by atoms with Crippen molar-refractivity contribution in [3.8, 4) is 11.3 Å². The Bertz CT molecular complexity index is 764. The third kappa shape index (κ3) is 2.18. The van der Waals surface area contributed by atoms with Crippen LogP contribution in [0.4, 0.5) is 10.6 Å². The van der Waals surface area contributed by atoms with Crippen molar-refractivity contribution in [1.82, 2.24) is 14.9 Å². The number of urea groups is 1. The largest absolute Gasteiger partial charge is 0.347 e. The van der Waals surface area contributed by atoms with E-state index in [0.29, 0.717) is 12.4 Å². The van der Waals surface area contributed by atoms with Gasteiger partial charge in [-0.05, 0) is 12.5 Å².